The van der Waals surface area contributed by atoms with Crippen LogP contribution in [0.2, 0.25) is 0 Å². The summed E-state index contributed by atoms with van der Waals surface area (Å²) in [5.74, 6) is -0.106. The Hall–Kier alpha value is -3.42. The van der Waals surface area contributed by atoms with E-state index in [1.54, 1.807) is 19.1 Å². The van der Waals surface area contributed by atoms with E-state index < -0.39 is 11.5 Å². The van der Waals surface area contributed by atoms with E-state index in [1.165, 1.54) is 6.33 Å². The number of amides is 2. The first-order valence-electron chi connectivity index (χ1n) is 8.63. The zero-order valence-electron chi connectivity index (χ0n) is 15.1. The second-order valence-electron chi connectivity index (χ2n) is 6.12. The van der Waals surface area contributed by atoms with Gasteiger partial charge >= 0.3 is 0 Å². The average molecular weight is 368 g/mol. The van der Waals surface area contributed by atoms with Gasteiger partial charge in [0.25, 0.3) is 11.5 Å². The molecule has 3 rings (SSSR count). The van der Waals surface area contributed by atoms with E-state index in [4.69, 9.17) is 4.42 Å². The van der Waals surface area contributed by atoms with Crippen LogP contribution in [0.5, 0.6) is 0 Å². The minimum absolute atomic E-state index is 0.0281. The number of rotatable bonds is 6. The fourth-order valence-corrected chi connectivity index (χ4v) is 2.75. The Kier molecular flexibility index (Phi) is 5.35. The van der Waals surface area contributed by atoms with Gasteiger partial charge in [-0.3, -0.25) is 14.4 Å². The summed E-state index contributed by atoms with van der Waals surface area (Å²) in [7, 11) is 0. The monoisotopic (exact) mass is 368 g/mol. The number of hydrogen-bond donors (Lipinski definition) is 3. The molecule has 0 saturated heterocycles. The van der Waals surface area contributed by atoms with Crippen LogP contribution in [0.15, 0.2) is 39.8 Å². The first kappa shape index (κ1) is 18.4. The molecule has 8 heteroatoms. The Balaban J connectivity index is 1.69. The molecular formula is C19H20N4O4. The van der Waals surface area contributed by atoms with E-state index in [9.17, 15) is 14.4 Å². The van der Waals surface area contributed by atoms with Crippen LogP contribution in [0.25, 0.3) is 11.1 Å². The molecule has 140 valence electrons. The molecule has 8 nitrogen and oxygen atoms in total. The molecule has 27 heavy (non-hydrogen) atoms. The Labute approximate surface area is 155 Å². The molecule has 0 bridgehead atoms. The van der Waals surface area contributed by atoms with Gasteiger partial charge in [-0.25, -0.2) is 4.98 Å². The molecule has 0 fully saturated rings. The molecule has 0 unspecified atom stereocenters. The SMILES string of the molecule is CCCC(=O)Nc1ccc(CNC(=O)c2c(C)oc3nc[nH]c(=O)c23)cc1. The number of furan rings is 1. The Morgan fingerprint density at radius 1 is 1.22 bits per heavy atom. The van der Waals surface area contributed by atoms with Crippen molar-refractivity contribution < 1.29 is 14.0 Å². The minimum Gasteiger partial charge on any atom is -0.442 e. The van der Waals surface area contributed by atoms with Crippen LogP contribution in [-0.2, 0) is 11.3 Å². The quantitative estimate of drug-likeness (QED) is 0.618. The molecule has 2 heterocycles. The number of aryl methyl sites for hydroxylation is 1. The minimum atomic E-state index is -0.422. The smallest absolute Gasteiger partial charge is 0.262 e. The molecule has 0 aliphatic heterocycles. The van der Waals surface area contributed by atoms with Crippen molar-refractivity contribution >= 4 is 28.6 Å². The maximum atomic E-state index is 12.5. The van der Waals surface area contributed by atoms with E-state index in [-0.39, 0.29) is 29.1 Å². The fourth-order valence-electron chi connectivity index (χ4n) is 2.75. The average Bonchev–Trinajstić information content (AvgIpc) is 2.98. The summed E-state index contributed by atoms with van der Waals surface area (Å²) in [4.78, 5) is 42.5. The number of fused-ring (bicyclic) bond motifs is 1. The van der Waals surface area contributed by atoms with Crippen LogP contribution >= 0.6 is 0 Å². The van der Waals surface area contributed by atoms with Crippen molar-refractivity contribution in [2.24, 2.45) is 0 Å². The highest BCUT2D eigenvalue weighted by Crippen LogP contribution is 2.20. The third-order valence-electron chi connectivity index (χ3n) is 4.07. The molecule has 3 N–H and O–H groups in total. The number of carbonyl (C=O) groups is 2. The lowest BCUT2D eigenvalue weighted by Gasteiger charge is -2.07. The van der Waals surface area contributed by atoms with Gasteiger partial charge in [-0.1, -0.05) is 19.1 Å². The highest BCUT2D eigenvalue weighted by Gasteiger charge is 2.21. The Morgan fingerprint density at radius 2 is 1.96 bits per heavy atom. The van der Waals surface area contributed by atoms with Crippen molar-refractivity contribution in [3.63, 3.8) is 0 Å². The van der Waals surface area contributed by atoms with Gasteiger partial charge in [-0.15, -0.1) is 0 Å². The molecule has 2 aromatic heterocycles. The topological polar surface area (TPSA) is 117 Å². The number of anilines is 1. The number of aromatic amines is 1. The molecule has 0 aliphatic carbocycles. The van der Waals surface area contributed by atoms with Gasteiger partial charge < -0.3 is 20.0 Å². The summed E-state index contributed by atoms with van der Waals surface area (Å²) >= 11 is 0. The number of aromatic nitrogens is 2. The molecule has 0 spiro atoms. The summed E-state index contributed by atoms with van der Waals surface area (Å²) in [5.41, 5.74) is 1.46. The van der Waals surface area contributed by atoms with Gasteiger partial charge in [0, 0.05) is 18.7 Å². The highest BCUT2D eigenvalue weighted by molar-refractivity contribution is 6.06. The second-order valence-corrected chi connectivity index (χ2v) is 6.12. The van der Waals surface area contributed by atoms with Gasteiger partial charge in [0.05, 0.1) is 11.9 Å². The lowest BCUT2D eigenvalue weighted by molar-refractivity contribution is -0.116. The molecular weight excluding hydrogens is 348 g/mol. The summed E-state index contributed by atoms with van der Waals surface area (Å²) in [6.45, 7) is 3.83. The molecule has 0 aliphatic rings. The van der Waals surface area contributed by atoms with Crippen molar-refractivity contribution in [1.82, 2.24) is 15.3 Å². The molecule has 0 atom stereocenters. The van der Waals surface area contributed by atoms with Crippen LogP contribution in [0, 0.1) is 6.92 Å². The van der Waals surface area contributed by atoms with E-state index in [0.29, 0.717) is 17.9 Å². The molecule has 0 radical (unpaired) electrons. The van der Waals surface area contributed by atoms with Gasteiger partial charge in [0.2, 0.25) is 11.6 Å². The predicted molar refractivity (Wildman–Crippen MR) is 101 cm³/mol. The number of hydrogen-bond acceptors (Lipinski definition) is 5. The molecule has 3 aromatic rings. The van der Waals surface area contributed by atoms with Crippen molar-refractivity contribution in [2.75, 3.05) is 5.32 Å². The summed E-state index contributed by atoms with van der Waals surface area (Å²) in [6.07, 6.45) is 2.50. The van der Waals surface area contributed by atoms with Crippen LogP contribution in [0.4, 0.5) is 5.69 Å². The third kappa shape index (κ3) is 4.05. The zero-order valence-corrected chi connectivity index (χ0v) is 15.1. The van der Waals surface area contributed by atoms with Crippen molar-refractivity contribution in [2.45, 2.75) is 33.2 Å². The maximum Gasteiger partial charge on any atom is 0.262 e. The van der Waals surface area contributed by atoms with Crippen LogP contribution in [-0.4, -0.2) is 21.8 Å². The van der Waals surface area contributed by atoms with Gasteiger partial charge in [0.1, 0.15) is 11.1 Å². The van der Waals surface area contributed by atoms with Crippen LogP contribution in [0.3, 0.4) is 0 Å². The van der Waals surface area contributed by atoms with E-state index in [2.05, 4.69) is 20.6 Å². The summed E-state index contributed by atoms with van der Waals surface area (Å²) in [6, 6.07) is 7.19. The predicted octanol–water partition coefficient (Wildman–Crippen LogP) is 2.49. The molecule has 1 aromatic carbocycles. The van der Waals surface area contributed by atoms with Gasteiger partial charge in [0.15, 0.2) is 0 Å². The number of nitrogens with zero attached hydrogens (tertiary/aromatic N) is 1. The highest BCUT2D eigenvalue weighted by atomic mass is 16.3. The molecule has 2 amide bonds. The number of H-pyrrole nitrogens is 1. The lowest BCUT2D eigenvalue weighted by atomic mass is 10.1. The maximum absolute atomic E-state index is 12.5. The number of nitrogens with one attached hydrogen (secondary N) is 3. The lowest BCUT2D eigenvalue weighted by Crippen LogP contribution is -2.24. The van der Waals surface area contributed by atoms with Gasteiger partial charge in [-0.2, -0.15) is 0 Å². The Bertz CT molecular complexity index is 1030. The van der Waals surface area contributed by atoms with Crippen LogP contribution < -0.4 is 16.2 Å². The number of benzene rings is 1. The van der Waals surface area contributed by atoms with Crippen LogP contribution in [0.1, 0.15) is 41.4 Å². The van der Waals surface area contributed by atoms with Crippen molar-refractivity contribution in [1.29, 1.82) is 0 Å². The second kappa shape index (κ2) is 7.86. The normalized spacial score (nSPS) is 10.7. The van der Waals surface area contributed by atoms with E-state index in [0.717, 1.165) is 12.0 Å². The Morgan fingerprint density at radius 3 is 2.67 bits per heavy atom. The standard InChI is InChI=1S/C19H20N4O4/c1-3-4-14(24)23-13-7-5-12(6-8-13)9-20-17(25)15-11(2)27-19-16(15)18(26)21-10-22-19/h5-8,10H,3-4,9H2,1-2H3,(H,20,25)(H,23,24)(H,21,22,26). The number of carbonyl (C=O) groups excluding carboxylic acids is 2. The van der Waals surface area contributed by atoms with Gasteiger partial charge in [-0.05, 0) is 31.0 Å². The summed E-state index contributed by atoms with van der Waals surface area (Å²) in [5, 5.41) is 5.72. The first-order valence-corrected chi connectivity index (χ1v) is 8.63. The summed E-state index contributed by atoms with van der Waals surface area (Å²) < 4.78 is 5.39. The molecule has 0 saturated carbocycles. The van der Waals surface area contributed by atoms with Crippen molar-refractivity contribution in [3.8, 4) is 0 Å². The zero-order chi connectivity index (χ0) is 19.4. The third-order valence-corrected chi connectivity index (χ3v) is 4.07. The largest absolute Gasteiger partial charge is 0.442 e. The van der Waals surface area contributed by atoms with E-state index >= 15 is 0 Å². The fraction of sp³-hybridized carbons (Fsp3) is 0.263. The first-order chi connectivity index (χ1) is 13.0. The van der Waals surface area contributed by atoms with E-state index in [1.807, 2.05) is 19.1 Å². The van der Waals surface area contributed by atoms with Crippen molar-refractivity contribution in [3.05, 3.63) is 57.8 Å².